The van der Waals surface area contributed by atoms with Crippen molar-refractivity contribution in [2.75, 3.05) is 25.6 Å². The lowest BCUT2D eigenvalue weighted by Gasteiger charge is -2.16. The van der Waals surface area contributed by atoms with E-state index < -0.39 is 5.56 Å². The zero-order valence-corrected chi connectivity index (χ0v) is 27.9. The van der Waals surface area contributed by atoms with E-state index in [0.29, 0.717) is 56.1 Å². The number of amides is 1. The van der Waals surface area contributed by atoms with Gasteiger partial charge in [-0.1, -0.05) is 48.0 Å². The summed E-state index contributed by atoms with van der Waals surface area (Å²) in [6, 6.07) is 23.3. The molecule has 0 atom stereocenters. The molecule has 1 N–H and O–H groups in total. The van der Waals surface area contributed by atoms with Crippen LogP contribution in [0.2, 0.25) is 5.02 Å². The molecule has 6 rings (SSSR count). The largest absolute Gasteiger partial charge is 0.496 e. The number of benzene rings is 4. The highest BCUT2D eigenvalue weighted by molar-refractivity contribution is 9.10. The van der Waals surface area contributed by atoms with Crippen molar-refractivity contribution in [2.24, 2.45) is 5.10 Å². The van der Waals surface area contributed by atoms with Crippen LogP contribution in [0.5, 0.6) is 17.2 Å². The summed E-state index contributed by atoms with van der Waals surface area (Å²) in [5.74, 6) is 1.24. The molecule has 4 aromatic carbocycles. The van der Waals surface area contributed by atoms with E-state index in [9.17, 15) is 9.59 Å². The summed E-state index contributed by atoms with van der Waals surface area (Å²) < 4.78 is 24.9. The number of aromatic nitrogens is 2. The molecule has 0 bridgehead atoms. The third-order valence-corrected chi connectivity index (χ3v) is 8.69. The van der Waals surface area contributed by atoms with E-state index in [1.165, 1.54) is 10.9 Å². The number of para-hydroxylation sites is 2. The van der Waals surface area contributed by atoms with Gasteiger partial charge in [0.05, 0.1) is 36.2 Å². The minimum absolute atomic E-state index is 0.162. The maximum absolute atomic E-state index is 13.8. The van der Waals surface area contributed by atoms with Gasteiger partial charge in [0.2, 0.25) is 5.82 Å². The first-order valence-corrected chi connectivity index (χ1v) is 15.7. The maximum atomic E-state index is 13.8. The second-order valence-corrected chi connectivity index (χ2v) is 11.5. The molecule has 238 valence electrons. The molecule has 0 aliphatic carbocycles. The van der Waals surface area contributed by atoms with E-state index in [0.717, 1.165) is 10.9 Å². The average molecular weight is 716 g/mol. The van der Waals surface area contributed by atoms with Crippen LogP contribution >= 0.6 is 27.5 Å². The lowest BCUT2D eigenvalue weighted by atomic mass is 10.2. The monoisotopic (exact) mass is 714 g/mol. The number of anilines is 1. The van der Waals surface area contributed by atoms with Gasteiger partial charge in [0, 0.05) is 15.7 Å². The lowest BCUT2D eigenvalue weighted by Crippen LogP contribution is -2.21. The molecular weight excluding hydrogens is 688 g/mol. The first-order chi connectivity index (χ1) is 22.8. The van der Waals surface area contributed by atoms with Gasteiger partial charge in [-0.2, -0.15) is 9.78 Å². The molecule has 0 unspecified atom stereocenters. The van der Waals surface area contributed by atoms with Crippen LogP contribution in [0.3, 0.4) is 0 Å². The topological polar surface area (TPSA) is 117 Å². The molecule has 47 heavy (non-hydrogen) atoms. The molecule has 0 radical (unpaired) electrons. The Kier molecular flexibility index (Phi) is 9.28. The molecule has 0 saturated carbocycles. The Morgan fingerprint density at radius 3 is 2.62 bits per heavy atom. The number of hydrogen-bond acceptors (Lipinski definition) is 8. The molecule has 0 saturated heterocycles. The van der Waals surface area contributed by atoms with Gasteiger partial charge in [0.25, 0.3) is 11.5 Å². The van der Waals surface area contributed by atoms with Gasteiger partial charge in [-0.3, -0.25) is 9.59 Å². The van der Waals surface area contributed by atoms with Crippen LogP contribution < -0.4 is 25.1 Å². The SMILES string of the molecule is CCOc1cc(C=Nn2c(-c3cc4c(OC)cccc4o3)nc3ccccc3c2=O)c(Br)c(Cl)c1OCC(=O)Nc1ccccc1C. The number of nitrogens with one attached hydrogen (secondary N) is 1. The predicted molar refractivity (Wildman–Crippen MR) is 186 cm³/mol. The fourth-order valence-electron chi connectivity index (χ4n) is 4.97. The summed E-state index contributed by atoms with van der Waals surface area (Å²) in [5.41, 5.74) is 2.74. The summed E-state index contributed by atoms with van der Waals surface area (Å²) in [6.07, 6.45) is 1.46. The molecule has 1 amide bonds. The molecule has 0 aliphatic rings. The normalized spacial score (nSPS) is 11.3. The smallest absolute Gasteiger partial charge is 0.282 e. The van der Waals surface area contributed by atoms with Gasteiger partial charge >= 0.3 is 0 Å². The zero-order valence-electron chi connectivity index (χ0n) is 25.5. The number of ether oxygens (including phenoxy) is 3. The van der Waals surface area contributed by atoms with E-state index in [-0.39, 0.29) is 29.1 Å². The standard InChI is InChI=1S/C35H28BrClN4O6/c1-4-45-28-16-21(31(36)32(37)33(28)46-19-30(42)39-24-12-7-5-10-20(24)2)18-38-41-34(40-25-13-8-6-11-22(25)35(41)43)29-17-23-26(44-3)14-9-15-27(23)47-29/h5-18H,4,19H2,1-3H3,(H,39,42). The van der Waals surface area contributed by atoms with Crippen molar-refractivity contribution >= 4 is 67.2 Å². The number of carbonyl (C=O) groups is 1. The van der Waals surface area contributed by atoms with Crippen LogP contribution in [0.25, 0.3) is 33.5 Å². The summed E-state index contributed by atoms with van der Waals surface area (Å²) in [6.45, 7) is 3.70. The minimum atomic E-state index is -0.402. The number of aryl methyl sites for hydroxylation is 1. The van der Waals surface area contributed by atoms with E-state index in [2.05, 4.69) is 26.3 Å². The first-order valence-electron chi connectivity index (χ1n) is 14.5. The maximum Gasteiger partial charge on any atom is 0.282 e. The lowest BCUT2D eigenvalue weighted by molar-refractivity contribution is -0.118. The molecule has 0 aliphatic heterocycles. The quantitative estimate of drug-likeness (QED) is 0.144. The number of carbonyl (C=O) groups excluding carboxylic acids is 1. The number of hydrogen-bond donors (Lipinski definition) is 1. The van der Waals surface area contributed by atoms with Gasteiger partial charge in [-0.05, 0) is 77.8 Å². The third kappa shape index (κ3) is 6.45. The molecule has 0 spiro atoms. The number of fused-ring (bicyclic) bond motifs is 2. The van der Waals surface area contributed by atoms with Crippen LogP contribution in [-0.2, 0) is 4.79 Å². The molecule has 12 heteroatoms. The molecule has 10 nitrogen and oxygen atoms in total. The highest BCUT2D eigenvalue weighted by atomic mass is 79.9. The highest BCUT2D eigenvalue weighted by Gasteiger charge is 2.21. The number of halogens is 2. The Hall–Kier alpha value is -5.13. The summed E-state index contributed by atoms with van der Waals surface area (Å²) in [4.78, 5) is 31.2. The van der Waals surface area contributed by atoms with Crippen molar-refractivity contribution in [1.82, 2.24) is 9.66 Å². The van der Waals surface area contributed by atoms with Crippen molar-refractivity contribution < 1.29 is 23.4 Å². The highest BCUT2D eigenvalue weighted by Crippen LogP contribution is 2.42. The fourth-order valence-corrected chi connectivity index (χ4v) is 5.62. The summed E-state index contributed by atoms with van der Waals surface area (Å²) in [5, 5.41) is 8.65. The van der Waals surface area contributed by atoms with Crippen LogP contribution in [0, 0.1) is 6.92 Å². The number of furan rings is 1. The molecule has 2 heterocycles. The van der Waals surface area contributed by atoms with Crippen molar-refractivity contribution in [2.45, 2.75) is 13.8 Å². The second-order valence-electron chi connectivity index (χ2n) is 10.3. The van der Waals surface area contributed by atoms with Crippen molar-refractivity contribution in [1.29, 1.82) is 0 Å². The Morgan fingerprint density at radius 2 is 1.83 bits per heavy atom. The predicted octanol–water partition coefficient (Wildman–Crippen LogP) is 7.84. The Morgan fingerprint density at radius 1 is 1.04 bits per heavy atom. The number of rotatable bonds is 10. The second kappa shape index (κ2) is 13.7. The molecule has 6 aromatic rings. The van der Waals surface area contributed by atoms with Crippen LogP contribution in [0.4, 0.5) is 5.69 Å². The fraction of sp³-hybridized carbons (Fsp3) is 0.143. The van der Waals surface area contributed by atoms with E-state index >= 15 is 0 Å². The van der Waals surface area contributed by atoms with Gasteiger partial charge in [0.15, 0.2) is 23.9 Å². The minimum Gasteiger partial charge on any atom is -0.496 e. The van der Waals surface area contributed by atoms with Gasteiger partial charge in [-0.15, -0.1) is 0 Å². The summed E-state index contributed by atoms with van der Waals surface area (Å²) in [7, 11) is 1.58. The summed E-state index contributed by atoms with van der Waals surface area (Å²) >= 11 is 10.3. The van der Waals surface area contributed by atoms with Crippen LogP contribution in [-0.4, -0.2) is 42.1 Å². The Labute approximate surface area is 282 Å². The Balaban J connectivity index is 1.38. The number of nitrogens with zero attached hydrogens (tertiary/aromatic N) is 3. The number of methoxy groups -OCH3 is 1. The van der Waals surface area contributed by atoms with Gasteiger partial charge in [-0.25, -0.2) is 4.98 Å². The Bertz CT molecular complexity index is 2230. The van der Waals surface area contributed by atoms with Crippen LogP contribution in [0.1, 0.15) is 18.1 Å². The van der Waals surface area contributed by atoms with Crippen molar-refractivity contribution in [3.8, 4) is 28.8 Å². The average Bonchev–Trinajstić information content (AvgIpc) is 3.52. The van der Waals surface area contributed by atoms with Gasteiger partial charge < -0.3 is 23.9 Å². The van der Waals surface area contributed by atoms with Crippen molar-refractivity contribution in [3.63, 3.8) is 0 Å². The molecule has 0 fully saturated rings. The van der Waals surface area contributed by atoms with E-state index in [4.69, 9.17) is 35.2 Å². The van der Waals surface area contributed by atoms with Gasteiger partial charge in [0.1, 0.15) is 16.4 Å². The van der Waals surface area contributed by atoms with Crippen LogP contribution in [0.15, 0.2) is 97.6 Å². The third-order valence-electron chi connectivity index (χ3n) is 7.25. The molecule has 2 aromatic heterocycles. The first kappa shape index (κ1) is 31.8. The van der Waals surface area contributed by atoms with Crippen molar-refractivity contribution in [3.05, 3.63) is 110 Å². The van der Waals surface area contributed by atoms with E-state index in [1.807, 2.05) is 50.2 Å². The molecular formula is C35H28BrClN4O6. The zero-order chi connectivity index (χ0) is 33.1. The van der Waals surface area contributed by atoms with E-state index in [1.54, 1.807) is 49.6 Å².